The lowest BCUT2D eigenvalue weighted by atomic mass is 9.65. The number of aliphatic hydroxyl groups is 1. The Morgan fingerprint density at radius 1 is 0.471 bits per heavy atom. The summed E-state index contributed by atoms with van der Waals surface area (Å²) in [4.78, 5) is 9.47. The highest BCUT2D eigenvalue weighted by Gasteiger charge is 2.49. The first-order valence-electron chi connectivity index (χ1n) is 11.5. The number of nitrogens with zero attached hydrogens (tertiary/aromatic N) is 2. The zero-order chi connectivity index (χ0) is 23.2. The zero-order valence-corrected chi connectivity index (χ0v) is 18.8. The van der Waals surface area contributed by atoms with Crippen molar-refractivity contribution >= 4 is 0 Å². The van der Waals surface area contributed by atoms with Crippen LogP contribution in [0, 0.1) is 0 Å². The van der Waals surface area contributed by atoms with Gasteiger partial charge in [0.1, 0.15) is 5.60 Å². The lowest BCUT2D eigenvalue weighted by molar-refractivity contribution is -0.0000609. The molecule has 0 aliphatic rings. The molecular formula is C31H26N2O. The average molecular weight is 443 g/mol. The maximum absolute atomic E-state index is 13.1. The summed E-state index contributed by atoms with van der Waals surface area (Å²) in [5.74, 6) is -0.881. The Morgan fingerprint density at radius 3 is 1.24 bits per heavy atom. The maximum Gasteiger partial charge on any atom is 0.114 e. The molecule has 0 spiro atoms. The van der Waals surface area contributed by atoms with Gasteiger partial charge >= 0.3 is 0 Å². The summed E-state index contributed by atoms with van der Waals surface area (Å²) in [6.07, 6.45) is 3.57. The fraction of sp³-hybridized carbons (Fsp3) is 0.0968. The van der Waals surface area contributed by atoms with Crippen LogP contribution >= 0.6 is 0 Å². The minimum absolute atomic E-state index is 0.440. The number of rotatable bonds is 7. The van der Waals surface area contributed by atoms with Gasteiger partial charge in [-0.3, -0.25) is 9.97 Å². The second-order valence-electron chi connectivity index (χ2n) is 8.39. The van der Waals surface area contributed by atoms with E-state index in [1.165, 1.54) is 0 Å². The Bertz CT molecular complexity index is 1130. The molecule has 0 radical (unpaired) electrons. The molecule has 5 aromatic rings. The predicted octanol–water partition coefficient (Wildman–Crippen LogP) is 6.33. The van der Waals surface area contributed by atoms with Crippen LogP contribution in [0.25, 0.3) is 0 Å². The van der Waals surface area contributed by atoms with Crippen molar-refractivity contribution in [3.63, 3.8) is 0 Å². The molecule has 0 amide bonds. The van der Waals surface area contributed by atoms with Crippen molar-refractivity contribution in [1.82, 2.24) is 9.97 Å². The van der Waals surface area contributed by atoms with Gasteiger partial charge in [0, 0.05) is 12.4 Å². The van der Waals surface area contributed by atoms with Crippen molar-refractivity contribution in [2.75, 3.05) is 0 Å². The molecule has 0 aliphatic carbocycles. The van der Waals surface area contributed by atoms with Crippen LogP contribution in [0.4, 0.5) is 0 Å². The molecule has 2 heterocycles. The molecule has 34 heavy (non-hydrogen) atoms. The van der Waals surface area contributed by atoms with Crippen LogP contribution in [0.15, 0.2) is 140 Å². The molecule has 3 nitrogen and oxygen atoms in total. The largest absolute Gasteiger partial charge is 0.383 e. The molecule has 1 unspecified atom stereocenters. The van der Waals surface area contributed by atoms with Crippen LogP contribution in [0.2, 0.25) is 0 Å². The molecule has 5 rings (SSSR count). The number of benzene rings is 3. The third-order valence-corrected chi connectivity index (χ3v) is 6.35. The van der Waals surface area contributed by atoms with E-state index in [1.54, 1.807) is 12.4 Å². The lowest BCUT2D eigenvalue weighted by Crippen LogP contribution is -2.41. The maximum atomic E-state index is 13.1. The number of hydrogen-bond acceptors (Lipinski definition) is 3. The van der Waals surface area contributed by atoms with Gasteiger partial charge < -0.3 is 5.11 Å². The van der Waals surface area contributed by atoms with Gasteiger partial charge in [-0.15, -0.1) is 0 Å². The third-order valence-electron chi connectivity index (χ3n) is 6.35. The molecule has 3 atom stereocenters. The molecule has 0 aliphatic heterocycles. The summed E-state index contributed by atoms with van der Waals surface area (Å²) >= 11 is 0. The van der Waals surface area contributed by atoms with Crippen LogP contribution in [-0.4, -0.2) is 15.1 Å². The Balaban J connectivity index is 1.85. The van der Waals surface area contributed by atoms with Crippen molar-refractivity contribution < 1.29 is 5.11 Å². The van der Waals surface area contributed by atoms with E-state index < -0.39 is 17.4 Å². The van der Waals surface area contributed by atoms with E-state index in [1.807, 2.05) is 103 Å². The fourth-order valence-corrected chi connectivity index (χ4v) is 4.89. The second kappa shape index (κ2) is 9.82. The van der Waals surface area contributed by atoms with Crippen molar-refractivity contribution in [3.8, 4) is 0 Å². The van der Waals surface area contributed by atoms with Gasteiger partial charge in [-0.05, 0) is 41.0 Å². The highest BCUT2D eigenvalue weighted by Crippen LogP contribution is 2.51. The number of hydrogen-bond donors (Lipinski definition) is 1. The highest BCUT2D eigenvalue weighted by atomic mass is 16.3. The summed E-state index contributed by atoms with van der Waals surface area (Å²) in [5, 5.41) is 13.1. The molecular weight excluding hydrogens is 416 g/mol. The SMILES string of the molecule is OC(c1ccccc1)([C@H](c1ccccc1)c1ccccn1)[C@@H](c1ccccc1)c1ccccn1. The van der Waals surface area contributed by atoms with Gasteiger partial charge in [0.15, 0.2) is 0 Å². The van der Waals surface area contributed by atoms with Gasteiger partial charge in [-0.25, -0.2) is 0 Å². The monoisotopic (exact) mass is 442 g/mol. The molecule has 0 saturated heterocycles. The van der Waals surface area contributed by atoms with E-state index in [0.29, 0.717) is 0 Å². The summed E-state index contributed by atoms with van der Waals surface area (Å²) in [6, 6.07) is 41.9. The topological polar surface area (TPSA) is 46.0 Å². The minimum Gasteiger partial charge on any atom is -0.383 e. The van der Waals surface area contributed by atoms with Crippen molar-refractivity contribution in [1.29, 1.82) is 0 Å². The number of pyridine rings is 2. The van der Waals surface area contributed by atoms with Crippen molar-refractivity contribution in [2.45, 2.75) is 17.4 Å². The Morgan fingerprint density at radius 2 is 0.853 bits per heavy atom. The fourth-order valence-electron chi connectivity index (χ4n) is 4.89. The van der Waals surface area contributed by atoms with Crippen molar-refractivity contribution in [3.05, 3.63) is 168 Å². The lowest BCUT2D eigenvalue weighted by Gasteiger charge is -2.43. The quantitative estimate of drug-likeness (QED) is 0.320. The first-order chi connectivity index (χ1) is 16.8. The van der Waals surface area contributed by atoms with Gasteiger partial charge in [0.2, 0.25) is 0 Å². The van der Waals surface area contributed by atoms with Crippen LogP contribution in [0.5, 0.6) is 0 Å². The summed E-state index contributed by atoms with van der Waals surface area (Å²) in [6.45, 7) is 0. The molecule has 1 N–H and O–H groups in total. The molecule has 166 valence electrons. The smallest absolute Gasteiger partial charge is 0.114 e. The van der Waals surface area contributed by atoms with Crippen LogP contribution in [0.3, 0.4) is 0 Å². The molecule has 0 fully saturated rings. The predicted molar refractivity (Wildman–Crippen MR) is 135 cm³/mol. The second-order valence-corrected chi connectivity index (χ2v) is 8.39. The normalized spacial score (nSPS) is 14.6. The van der Waals surface area contributed by atoms with E-state index in [0.717, 1.165) is 28.1 Å². The molecule has 2 aromatic heterocycles. The van der Waals surface area contributed by atoms with Gasteiger partial charge in [-0.1, -0.05) is 103 Å². The Hall–Kier alpha value is -4.08. The van der Waals surface area contributed by atoms with E-state index in [4.69, 9.17) is 9.97 Å². The van der Waals surface area contributed by atoms with Crippen molar-refractivity contribution in [2.24, 2.45) is 0 Å². The van der Waals surface area contributed by atoms with E-state index in [2.05, 4.69) is 24.3 Å². The summed E-state index contributed by atoms with van der Waals surface area (Å²) < 4.78 is 0. The Kier molecular flexibility index (Phi) is 6.28. The minimum atomic E-state index is -1.38. The molecule has 3 aromatic carbocycles. The highest BCUT2D eigenvalue weighted by molar-refractivity contribution is 5.45. The standard InChI is InChI=1S/C31H26N2O/c34-31(26-18-8-3-9-19-26,29(24-14-4-1-5-15-24)27-20-10-12-22-32-27)30(25-16-6-2-7-17-25)28-21-11-13-23-33-28/h1-23,29-30,34H/t29-,30+,31?. The van der Waals surface area contributed by atoms with Crippen LogP contribution < -0.4 is 0 Å². The van der Waals surface area contributed by atoms with Gasteiger partial charge in [-0.2, -0.15) is 0 Å². The van der Waals surface area contributed by atoms with E-state index >= 15 is 0 Å². The molecule has 0 bridgehead atoms. The van der Waals surface area contributed by atoms with E-state index in [9.17, 15) is 5.11 Å². The summed E-state index contributed by atoms with van der Waals surface area (Å²) in [7, 11) is 0. The summed E-state index contributed by atoms with van der Waals surface area (Å²) in [5.41, 5.74) is 3.02. The van der Waals surface area contributed by atoms with Gasteiger partial charge in [0.05, 0.1) is 23.2 Å². The zero-order valence-electron chi connectivity index (χ0n) is 18.8. The molecule has 0 saturated carbocycles. The first kappa shape index (κ1) is 21.7. The van der Waals surface area contributed by atoms with Crippen LogP contribution in [0.1, 0.15) is 39.9 Å². The van der Waals surface area contributed by atoms with Crippen LogP contribution in [-0.2, 0) is 5.60 Å². The van der Waals surface area contributed by atoms with Gasteiger partial charge in [0.25, 0.3) is 0 Å². The third kappa shape index (κ3) is 4.14. The van der Waals surface area contributed by atoms with E-state index in [-0.39, 0.29) is 0 Å². The molecule has 3 heteroatoms. The first-order valence-corrected chi connectivity index (χ1v) is 11.5. The Labute approximate surface area is 200 Å². The number of aromatic nitrogens is 2. The average Bonchev–Trinajstić information content (AvgIpc) is 2.92.